The van der Waals surface area contributed by atoms with Crippen LogP contribution in [0.5, 0.6) is 5.88 Å². The van der Waals surface area contributed by atoms with Crippen LogP contribution in [0, 0.1) is 0 Å². The number of fused-ring (bicyclic) bond motifs is 1. The minimum absolute atomic E-state index is 0.0147. The molecule has 0 aliphatic carbocycles. The van der Waals surface area contributed by atoms with Gasteiger partial charge in [0.2, 0.25) is 0 Å². The number of aromatic nitrogens is 3. The normalized spacial score (nSPS) is 13.8. The molecular formula is C18H15ClF3N4O2S+. The van der Waals surface area contributed by atoms with Crippen molar-refractivity contribution in [2.75, 3.05) is 11.4 Å². The Morgan fingerprint density at radius 1 is 1.34 bits per heavy atom. The summed E-state index contributed by atoms with van der Waals surface area (Å²) in [5.74, 6) is 0.0718. The summed E-state index contributed by atoms with van der Waals surface area (Å²) >= 11 is 7.18. The lowest BCUT2D eigenvalue weighted by molar-refractivity contribution is -0.668. The van der Waals surface area contributed by atoms with Crippen molar-refractivity contribution in [1.29, 1.82) is 0 Å². The first-order valence-electron chi connectivity index (χ1n) is 8.55. The maximum Gasteiger partial charge on any atom is 0.416 e. The van der Waals surface area contributed by atoms with E-state index in [1.54, 1.807) is 13.2 Å². The summed E-state index contributed by atoms with van der Waals surface area (Å²) < 4.78 is 42.5. The quantitative estimate of drug-likeness (QED) is 0.631. The minimum atomic E-state index is -4.55. The molecule has 152 valence electrons. The van der Waals surface area contributed by atoms with Crippen molar-refractivity contribution in [3.8, 4) is 17.0 Å². The fraction of sp³-hybridized carbons (Fsp3) is 0.278. The molecule has 11 heteroatoms. The topological polar surface area (TPSA) is 62.2 Å². The van der Waals surface area contributed by atoms with Crippen LogP contribution in [-0.4, -0.2) is 21.2 Å². The van der Waals surface area contributed by atoms with Gasteiger partial charge in [0.15, 0.2) is 4.47 Å². The molecule has 1 aliphatic heterocycles. The number of aromatic hydroxyl groups is 1. The van der Waals surface area contributed by atoms with E-state index in [4.69, 9.17) is 11.6 Å². The van der Waals surface area contributed by atoms with Gasteiger partial charge < -0.3 is 5.11 Å². The lowest BCUT2D eigenvalue weighted by Gasteiger charge is -2.15. The maximum absolute atomic E-state index is 13.1. The summed E-state index contributed by atoms with van der Waals surface area (Å²) in [6, 6.07) is 4.39. The highest BCUT2D eigenvalue weighted by atomic mass is 35.5. The van der Waals surface area contributed by atoms with E-state index in [2.05, 4.69) is 4.98 Å². The number of benzene rings is 1. The predicted octanol–water partition coefficient (Wildman–Crippen LogP) is 3.19. The van der Waals surface area contributed by atoms with Gasteiger partial charge in [-0.2, -0.15) is 17.7 Å². The van der Waals surface area contributed by atoms with Gasteiger partial charge in [0, 0.05) is 6.20 Å². The van der Waals surface area contributed by atoms with Crippen LogP contribution in [-0.2, 0) is 26.3 Å². The molecule has 0 spiro atoms. The Balaban J connectivity index is 1.81. The molecular weight excluding hydrogens is 429 g/mol. The lowest BCUT2D eigenvalue weighted by atomic mass is 10.0. The van der Waals surface area contributed by atoms with Gasteiger partial charge in [-0.05, 0) is 17.7 Å². The van der Waals surface area contributed by atoms with Crippen LogP contribution in [0.2, 0.25) is 4.47 Å². The Morgan fingerprint density at radius 2 is 2.10 bits per heavy atom. The molecule has 1 N–H and O–H groups in total. The third-order valence-electron chi connectivity index (χ3n) is 4.77. The molecule has 0 saturated heterocycles. The number of hydrogen-bond acceptors (Lipinski definition) is 5. The van der Waals surface area contributed by atoms with Crippen molar-refractivity contribution in [2.24, 2.45) is 7.05 Å². The number of nitrogens with zero attached hydrogens (tertiary/aromatic N) is 4. The summed E-state index contributed by atoms with van der Waals surface area (Å²) in [6.07, 6.45) is -2.90. The largest absolute Gasteiger partial charge is 0.483 e. The van der Waals surface area contributed by atoms with Crippen molar-refractivity contribution in [1.82, 2.24) is 9.55 Å². The fourth-order valence-electron chi connectivity index (χ4n) is 3.47. The van der Waals surface area contributed by atoms with E-state index in [0.717, 1.165) is 17.0 Å². The average Bonchev–Trinajstić information content (AvgIpc) is 3.26. The van der Waals surface area contributed by atoms with Crippen LogP contribution in [0.1, 0.15) is 10.4 Å². The van der Waals surface area contributed by atoms with Gasteiger partial charge in [-0.1, -0.05) is 23.7 Å². The Kier molecular flexibility index (Phi) is 4.78. The van der Waals surface area contributed by atoms with Gasteiger partial charge in [0.1, 0.15) is 18.7 Å². The van der Waals surface area contributed by atoms with Crippen LogP contribution < -0.4 is 15.0 Å². The van der Waals surface area contributed by atoms with Gasteiger partial charge >= 0.3 is 17.7 Å². The number of hydrogen-bond donors (Lipinski definition) is 1. The molecule has 0 amide bonds. The summed E-state index contributed by atoms with van der Waals surface area (Å²) in [5, 5.41) is 10.7. The second-order valence-corrected chi connectivity index (χ2v) is 8.29. The highest BCUT2D eigenvalue weighted by molar-refractivity contribution is 7.15. The molecule has 0 fully saturated rings. The Labute approximate surface area is 172 Å². The Bertz CT molecular complexity index is 1160. The molecule has 0 unspecified atom stereocenters. The molecule has 29 heavy (non-hydrogen) atoms. The van der Waals surface area contributed by atoms with E-state index in [-0.39, 0.29) is 11.1 Å². The SMILES string of the molecule is C[n+]1c(O)c(-c2cccc(C(F)(F)F)c2)c(=O)n2c1N(Cc1cnc(Cl)s1)CC2. The van der Waals surface area contributed by atoms with Crippen molar-refractivity contribution in [3.63, 3.8) is 0 Å². The summed E-state index contributed by atoms with van der Waals surface area (Å²) in [4.78, 5) is 19.8. The van der Waals surface area contributed by atoms with Crippen LogP contribution in [0.25, 0.3) is 11.1 Å². The zero-order chi connectivity index (χ0) is 20.9. The zero-order valence-corrected chi connectivity index (χ0v) is 16.6. The number of anilines is 1. The molecule has 3 heterocycles. The van der Waals surface area contributed by atoms with Crippen molar-refractivity contribution < 1.29 is 22.8 Å². The molecule has 1 aliphatic rings. The van der Waals surface area contributed by atoms with Crippen LogP contribution in [0.3, 0.4) is 0 Å². The summed E-state index contributed by atoms with van der Waals surface area (Å²) in [7, 11) is 1.57. The number of alkyl halides is 3. The molecule has 0 radical (unpaired) electrons. The molecule has 3 aromatic rings. The van der Waals surface area contributed by atoms with Crippen molar-refractivity contribution in [2.45, 2.75) is 19.3 Å². The van der Waals surface area contributed by atoms with Gasteiger partial charge in [-0.15, -0.1) is 11.3 Å². The third-order valence-corrected chi connectivity index (χ3v) is 5.87. The highest BCUT2D eigenvalue weighted by Crippen LogP contribution is 2.34. The van der Waals surface area contributed by atoms with E-state index >= 15 is 0 Å². The first-order valence-corrected chi connectivity index (χ1v) is 9.75. The second-order valence-electron chi connectivity index (χ2n) is 6.59. The molecule has 1 aromatic carbocycles. The molecule has 4 rings (SSSR count). The number of rotatable bonds is 3. The van der Waals surface area contributed by atoms with E-state index < -0.39 is 23.2 Å². The van der Waals surface area contributed by atoms with Crippen molar-refractivity contribution >= 4 is 28.9 Å². The molecule has 0 bridgehead atoms. The van der Waals surface area contributed by atoms with Gasteiger partial charge in [-0.3, -0.25) is 4.90 Å². The fourth-order valence-corrected chi connectivity index (χ4v) is 4.46. The zero-order valence-electron chi connectivity index (χ0n) is 15.1. The molecule has 0 atom stereocenters. The standard InChI is InChI=1S/C18H14ClF3N4O2S/c1-24-14(27)13(10-3-2-4-11(7-10)18(20,21)22)15(28)26-6-5-25(17(24)26)9-12-8-23-16(19)29-12/h2-4,7-8H,5-6,9H2,1H3/p+1. The predicted molar refractivity (Wildman–Crippen MR) is 102 cm³/mol. The first-order chi connectivity index (χ1) is 13.7. The highest BCUT2D eigenvalue weighted by Gasteiger charge is 2.37. The average molecular weight is 444 g/mol. The Morgan fingerprint density at radius 3 is 2.76 bits per heavy atom. The van der Waals surface area contributed by atoms with Crippen molar-refractivity contribution in [3.05, 3.63) is 55.7 Å². The monoisotopic (exact) mass is 443 g/mol. The van der Waals surface area contributed by atoms with Crippen LogP contribution in [0.4, 0.5) is 19.1 Å². The van der Waals surface area contributed by atoms with Gasteiger partial charge in [0.05, 0.1) is 24.0 Å². The van der Waals surface area contributed by atoms with Gasteiger partial charge in [-0.25, -0.2) is 14.3 Å². The molecule has 2 aromatic heterocycles. The van der Waals surface area contributed by atoms with E-state index in [0.29, 0.717) is 30.0 Å². The van der Waals surface area contributed by atoms with Crippen LogP contribution in [0.15, 0.2) is 35.3 Å². The van der Waals surface area contributed by atoms with E-state index in [1.807, 2.05) is 4.90 Å². The van der Waals surface area contributed by atoms with Gasteiger partial charge in [0.25, 0.3) is 5.88 Å². The molecule has 6 nitrogen and oxygen atoms in total. The number of thiazole rings is 1. The van der Waals surface area contributed by atoms with E-state index in [9.17, 15) is 23.1 Å². The number of halogens is 4. The first kappa shape index (κ1) is 19.7. The smallest absolute Gasteiger partial charge is 0.416 e. The summed E-state index contributed by atoms with van der Waals surface area (Å²) in [6.45, 7) is 1.30. The second kappa shape index (κ2) is 7.03. The minimum Gasteiger partial charge on any atom is -0.483 e. The van der Waals surface area contributed by atoms with Crippen LogP contribution >= 0.6 is 22.9 Å². The third kappa shape index (κ3) is 3.46. The lowest BCUT2D eigenvalue weighted by Crippen LogP contribution is -2.42. The maximum atomic E-state index is 13.1. The Hall–Kier alpha value is -2.59. The molecule has 0 saturated carbocycles. The summed E-state index contributed by atoms with van der Waals surface area (Å²) in [5.41, 5.74) is -1.57. The van der Waals surface area contributed by atoms with E-state index in [1.165, 1.54) is 32.6 Å².